The molecular weight excluding hydrogens is 288 g/mol. The smallest absolute Gasteiger partial charge is 0.132 e. The number of nitrogens with zero attached hydrogens (tertiary/aromatic N) is 2. The van der Waals surface area contributed by atoms with Crippen LogP contribution in [0.2, 0.25) is 0 Å². The van der Waals surface area contributed by atoms with Crippen LogP contribution in [0.1, 0.15) is 37.1 Å². The van der Waals surface area contributed by atoms with Crippen LogP contribution in [-0.2, 0) is 6.54 Å². The van der Waals surface area contributed by atoms with Gasteiger partial charge < -0.3 is 15.4 Å². The predicted octanol–water partition coefficient (Wildman–Crippen LogP) is 3.76. The SMILES string of the molecule is COc1ccc(CNc2cc(NC3CCCC3)nc(C)n2)cc1. The summed E-state index contributed by atoms with van der Waals surface area (Å²) in [4.78, 5) is 8.97. The lowest BCUT2D eigenvalue weighted by atomic mass is 10.2. The van der Waals surface area contributed by atoms with Crippen LogP contribution in [-0.4, -0.2) is 23.1 Å². The van der Waals surface area contributed by atoms with Crippen LogP contribution in [0, 0.1) is 6.92 Å². The van der Waals surface area contributed by atoms with Gasteiger partial charge >= 0.3 is 0 Å². The standard InChI is InChI=1S/C18H24N4O/c1-13-20-17(11-18(21-13)22-15-5-3-4-6-15)19-12-14-7-9-16(23-2)10-8-14/h7-11,15H,3-6,12H2,1-2H3,(H2,19,20,21,22). The first-order valence-electron chi connectivity index (χ1n) is 8.22. The van der Waals surface area contributed by atoms with Crippen LogP contribution in [0.4, 0.5) is 11.6 Å². The number of aryl methyl sites for hydroxylation is 1. The van der Waals surface area contributed by atoms with E-state index in [0.29, 0.717) is 6.04 Å². The maximum absolute atomic E-state index is 5.18. The lowest BCUT2D eigenvalue weighted by Crippen LogP contribution is -2.16. The predicted molar refractivity (Wildman–Crippen MR) is 93.0 cm³/mol. The van der Waals surface area contributed by atoms with Crippen molar-refractivity contribution in [3.05, 3.63) is 41.7 Å². The van der Waals surface area contributed by atoms with E-state index < -0.39 is 0 Å². The Morgan fingerprint density at radius 2 is 1.78 bits per heavy atom. The number of rotatable bonds is 6. The Morgan fingerprint density at radius 1 is 1.09 bits per heavy atom. The fraction of sp³-hybridized carbons (Fsp3) is 0.444. The highest BCUT2D eigenvalue weighted by molar-refractivity contribution is 5.48. The van der Waals surface area contributed by atoms with Crippen molar-refractivity contribution in [2.45, 2.75) is 45.2 Å². The minimum absolute atomic E-state index is 0.554. The zero-order valence-corrected chi connectivity index (χ0v) is 13.8. The molecule has 0 bridgehead atoms. The van der Waals surface area contributed by atoms with Gasteiger partial charge in [-0.1, -0.05) is 25.0 Å². The number of hydrogen-bond donors (Lipinski definition) is 2. The normalized spacial score (nSPS) is 14.7. The van der Waals surface area contributed by atoms with Crippen molar-refractivity contribution in [2.24, 2.45) is 0 Å². The molecule has 0 amide bonds. The molecule has 1 aliphatic rings. The van der Waals surface area contributed by atoms with Crippen LogP contribution >= 0.6 is 0 Å². The molecule has 1 fully saturated rings. The Kier molecular flexibility index (Phi) is 4.95. The lowest BCUT2D eigenvalue weighted by Gasteiger charge is -2.14. The summed E-state index contributed by atoms with van der Waals surface area (Å²) < 4.78 is 5.18. The number of nitrogens with one attached hydrogen (secondary N) is 2. The van der Waals surface area contributed by atoms with E-state index in [1.54, 1.807) is 7.11 Å². The van der Waals surface area contributed by atoms with Gasteiger partial charge in [0.1, 0.15) is 23.2 Å². The molecule has 1 aliphatic carbocycles. The summed E-state index contributed by atoms with van der Waals surface area (Å²) in [6.45, 7) is 2.65. The van der Waals surface area contributed by atoms with E-state index in [1.807, 2.05) is 25.1 Å². The molecule has 1 aromatic heterocycles. The van der Waals surface area contributed by atoms with Crippen LogP contribution in [0.3, 0.4) is 0 Å². The number of ether oxygens (including phenoxy) is 1. The van der Waals surface area contributed by atoms with E-state index in [4.69, 9.17) is 4.74 Å². The third kappa shape index (κ3) is 4.34. The van der Waals surface area contributed by atoms with Gasteiger partial charge in [-0.25, -0.2) is 9.97 Å². The van der Waals surface area contributed by atoms with Gasteiger partial charge in [0, 0.05) is 18.7 Å². The summed E-state index contributed by atoms with van der Waals surface area (Å²) in [6, 6.07) is 10.6. The van der Waals surface area contributed by atoms with Gasteiger partial charge in [0.2, 0.25) is 0 Å². The van der Waals surface area contributed by atoms with Crippen molar-refractivity contribution in [1.82, 2.24) is 9.97 Å². The van der Waals surface area contributed by atoms with Crippen molar-refractivity contribution in [1.29, 1.82) is 0 Å². The quantitative estimate of drug-likeness (QED) is 0.850. The maximum Gasteiger partial charge on any atom is 0.132 e. The molecule has 0 unspecified atom stereocenters. The van der Waals surface area contributed by atoms with Gasteiger partial charge in [-0.05, 0) is 37.5 Å². The van der Waals surface area contributed by atoms with Crippen LogP contribution in [0.25, 0.3) is 0 Å². The summed E-state index contributed by atoms with van der Waals surface area (Å²) in [6.07, 6.45) is 5.09. The van der Waals surface area contributed by atoms with Gasteiger partial charge in [-0.2, -0.15) is 0 Å². The van der Waals surface area contributed by atoms with E-state index in [1.165, 1.54) is 31.2 Å². The number of hydrogen-bond acceptors (Lipinski definition) is 5. The second-order valence-electron chi connectivity index (χ2n) is 6.01. The first kappa shape index (κ1) is 15.6. The summed E-state index contributed by atoms with van der Waals surface area (Å²) in [5, 5.41) is 6.90. The number of aromatic nitrogens is 2. The van der Waals surface area contributed by atoms with Crippen molar-refractivity contribution >= 4 is 11.6 Å². The molecule has 0 aliphatic heterocycles. The summed E-state index contributed by atoms with van der Waals surface area (Å²) in [7, 11) is 1.68. The second-order valence-corrected chi connectivity index (χ2v) is 6.01. The highest BCUT2D eigenvalue weighted by atomic mass is 16.5. The van der Waals surface area contributed by atoms with E-state index in [-0.39, 0.29) is 0 Å². The fourth-order valence-electron chi connectivity index (χ4n) is 2.95. The average molecular weight is 312 g/mol. The molecule has 1 aromatic carbocycles. The topological polar surface area (TPSA) is 59.1 Å². The molecule has 0 spiro atoms. The zero-order chi connectivity index (χ0) is 16.1. The molecule has 2 N–H and O–H groups in total. The molecule has 2 aromatic rings. The molecule has 23 heavy (non-hydrogen) atoms. The highest BCUT2D eigenvalue weighted by Gasteiger charge is 2.15. The second kappa shape index (κ2) is 7.31. The summed E-state index contributed by atoms with van der Waals surface area (Å²) >= 11 is 0. The summed E-state index contributed by atoms with van der Waals surface area (Å²) in [5.41, 5.74) is 1.19. The average Bonchev–Trinajstić information content (AvgIpc) is 3.06. The van der Waals surface area contributed by atoms with Gasteiger partial charge in [0.15, 0.2) is 0 Å². The van der Waals surface area contributed by atoms with E-state index in [2.05, 4.69) is 32.7 Å². The monoisotopic (exact) mass is 312 g/mol. The molecule has 1 saturated carbocycles. The first-order chi connectivity index (χ1) is 11.2. The first-order valence-corrected chi connectivity index (χ1v) is 8.22. The highest BCUT2D eigenvalue weighted by Crippen LogP contribution is 2.22. The molecule has 1 heterocycles. The molecular formula is C18H24N4O. The summed E-state index contributed by atoms with van der Waals surface area (Å²) in [5.74, 6) is 3.43. The molecule has 3 rings (SSSR count). The molecule has 122 valence electrons. The zero-order valence-electron chi connectivity index (χ0n) is 13.8. The minimum atomic E-state index is 0.554. The molecule has 5 nitrogen and oxygen atoms in total. The third-order valence-electron chi connectivity index (χ3n) is 4.18. The van der Waals surface area contributed by atoms with E-state index in [9.17, 15) is 0 Å². The number of anilines is 2. The van der Waals surface area contributed by atoms with Crippen molar-refractivity contribution in [2.75, 3.05) is 17.7 Å². The lowest BCUT2D eigenvalue weighted by molar-refractivity contribution is 0.414. The third-order valence-corrected chi connectivity index (χ3v) is 4.18. The van der Waals surface area contributed by atoms with E-state index in [0.717, 1.165) is 29.8 Å². The van der Waals surface area contributed by atoms with Gasteiger partial charge in [0.25, 0.3) is 0 Å². The van der Waals surface area contributed by atoms with Crippen molar-refractivity contribution in [3.8, 4) is 5.75 Å². The molecule has 0 atom stereocenters. The minimum Gasteiger partial charge on any atom is -0.497 e. The fourth-order valence-corrected chi connectivity index (χ4v) is 2.95. The van der Waals surface area contributed by atoms with Crippen molar-refractivity contribution in [3.63, 3.8) is 0 Å². The molecule has 0 radical (unpaired) electrons. The number of benzene rings is 1. The Labute approximate surface area is 137 Å². The van der Waals surface area contributed by atoms with Gasteiger partial charge in [0.05, 0.1) is 7.11 Å². The van der Waals surface area contributed by atoms with Gasteiger partial charge in [-0.3, -0.25) is 0 Å². The maximum atomic E-state index is 5.18. The Balaban J connectivity index is 1.63. The van der Waals surface area contributed by atoms with Crippen LogP contribution in [0.5, 0.6) is 5.75 Å². The van der Waals surface area contributed by atoms with Gasteiger partial charge in [-0.15, -0.1) is 0 Å². The Hall–Kier alpha value is -2.30. The van der Waals surface area contributed by atoms with Crippen LogP contribution in [0.15, 0.2) is 30.3 Å². The largest absolute Gasteiger partial charge is 0.497 e. The Bertz CT molecular complexity index is 636. The Morgan fingerprint density at radius 3 is 2.48 bits per heavy atom. The van der Waals surface area contributed by atoms with E-state index >= 15 is 0 Å². The van der Waals surface area contributed by atoms with Crippen LogP contribution < -0.4 is 15.4 Å². The molecule has 5 heteroatoms. The number of methoxy groups -OCH3 is 1. The van der Waals surface area contributed by atoms with Crippen molar-refractivity contribution < 1.29 is 4.74 Å². The molecule has 0 saturated heterocycles.